The Balaban J connectivity index is 1.29. The van der Waals surface area contributed by atoms with Crippen molar-refractivity contribution in [2.75, 3.05) is 12.4 Å². The molecule has 0 aliphatic carbocycles. The Hall–Kier alpha value is -4.26. The molecule has 0 aliphatic rings. The van der Waals surface area contributed by atoms with Gasteiger partial charge in [-0.05, 0) is 61.4 Å². The van der Waals surface area contributed by atoms with Gasteiger partial charge in [-0.25, -0.2) is 4.98 Å². The summed E-state index contributed by atoms with van der Waals surface area (Å²) in [5.74, 6) is 0.961. The zero-order valence-electron chi connectivity index (χ0n) is 19.3. The molecule has 5 rings (SSSR count). The first-order chi connectivity index (χ1) is 16.5. The van der Waals surface area contributed by atoms with Gasteiger partial charge in [0.25, 0.3) is 0 Å². The summed E-state index contributed by atoms with van der Waals surface area (Å²) in [6.07, 6.45) is 5.72. The van der Waals surface area contributed by atoms with E-state index in [2.05, 4.69) is 23.3 Å². The van der Waals surface area contributed by atoms with Gasteiger partial charge >= 0.3 is 0 Å². The molecule has 1 N–H and O–H groups in total. The van der Waals surface area contributed by atoms with Crippen LogP contribution in [-0.4, -0.2) is 22.4 Å². The van der Waals surface area contributed by atoms with Crippen LogP contribution in [0.5, 0.6) is 11.5 Å². The molecule has 3 aromatic heterocycles. The van der Waals surface area contributed by atoms with Crippen molar-refractivity contribution < 1.29 is 18.7 Å². The highest BCUT2D eigenvalue weighted by Crippen LogP contribution is 2.31. The summed E-state index contributed by atoms with van der Waals surface area (Å²) >= 11 is 0. The van der Waals surface area contributed by atoms with E-state index >= 15 is 0 Å². The number of carbonyl (C=O) groups excluding carboxylic acids is 1. The molecule has 7 nitrogen and oxygen atoms in total. The Morgan fingerprint density at radius 1 is 1.09 bits per heavy atom. The number of nitrogens with one attached hydrogen (secondary N) is 1. The lowest BCUT2D eigenvalue weighted by Crippen LogP contribution is -2.14. The second kappa shape index (κ2) is 8.94. The first-order valence-corrected chi connectivity index (χ1v) is 11.0. The molecule has 0 unspecified atom stereocenters. The normalized spacial score (nSPS) is 11.1. The number of rotatable bonds is 7. The van der Waals surface area contributed by atoms with Crippen molar-refractivity contribution in [3.8, 4) is 11.5 Å². The smallest absolute Gasteiger partial charge is 0.228 e. The fourth-order valence-corrected chi connectivity index (χ4v) is 3.93. The zero-order chi connectivity index (χ0) is 23.7. The van der Waals surface area contributed by atoms with E-state index in [9.17, 15) is 4.79 Å². The number of ether oxygens (including phenoxy) is 2. The summed E-state index contributed by atoms with van der Waals surface area (Å²) in [4.78, 5) is 17.3. The number of methoxy groups -OCH3 is 1. The number of aromatic nitrogens is 2. The fourth-order valence-electron chi connectivity index (χ4n) is 3.93. The van der Waals surface area contributed by atoms with Gasteiger partial charge in [0.2, 0.25) is 5.91 Å². The third-order valence-electron chi connectivity index (χ3n) is 5.86. The van der Waals surface area contributed by atoms with Gasteiger partial charge in [-0.1, -0.05) is 6.07 Å². The van der Waals surface area contributed by atoms with Gasteiger partial charge in [0, 0.05) is 35.1 Å². The summed E-state index contributed by atoms with van der Waals surface area (Å²) in [5, 5.41) is 3.91. The third-order valence-corrected chi connectivity index (χ3v) is 5.86. The van der Waals surface area contributed by atoms with Gasteiger partial charge in [0.1, 0.15) is 17.8 Å². The number of pyridine rings is 1. The number of fused-ring (bicyclic) bond motifs is 2. The third kappa shape index (κ3) is 4.32. The molecule has 0 saturated heterocycles. The minimum Gasteiger partial charge on any atom is -0.493 e. The number of carbonyl (C=O) groups is 1. The van der Waals surface area contributed by atoms with E-state index in [4.69, 9.17) is 13.9 Å². The Morgan fingerprint density at radius 3 is 2.76 bits per heavy atom. The minimum atomic E-state index is -0.141. The summed E-state index contributed by atoms with van der Waals surface area (Å²) in [6, 6.07) is 15.2. The van der Waals surface area contributed by atoms with Gasteiger partial charge in [-0.15, -0.1) is 0 Å². The van der Waals surface area contributed by atoms with Crippen molar-refractivity contribution in [1.82, 2.24) is 9.38 Å². The van der Waals surface area contributed by atoms with Crippen LogP contribution in [0.25, 0.3) is 16.6 Å². The van der Waals surface area contributed by atoms with Gasteiger partial charge in [0.05, 0.1) is 25.5 Å². The van der Waals surface area contributed by atoms with E-state index in [1.54, 1.807) is 31.6 Å². The van der Waals surface area contributed by atoms with E-state index in [-0.39, 0.29) is 18.9 Å². The number of anilines is 1. The van der Waals surface area contributed by atoms with Crippen LogP contribution in [-0.2, 0) is 17.8 Å². The molecule has 34 heavy (non-hydrogen) atoms. The highest BCUT2D eigenvalue weighted by Gasteiger charge is 2.14. The molecule has 2 aromatic carbocycles. The fraction of sp³-hybridized carbons (Fsp3) is 0.185. The molecule has 0 fully saturated rings. The quantitative estimate of drug-likeness (QED) is 0.352. The molecular formula is C27H25N3O4. The van der Waals surface area contributed by atoms with E-state index in [0.29, 0.717) is 17.2 Å². The molecule has 0 saturated carbocycles. The molecule has 172 valence electrons. The molecule has 0 atom stereocenters. The molecule has 7 heteroatoms. The molecule has 0 bridgehead atoms. The molecule has 3 heterocycles. The van der Waals surface area contributed by atoms with E-state index in [1.807, 2.05) is 48.0 Å². The van der Waals surface area contributed by atoms with Crippen molar-refractivity contribution in [3.63, 3.8) is 0 Å². The SMILES string of the molecule is COc1ccc(NC(=O)Cc2coc3cc(C)c(C)cc23)cc1OCc1cn2ccccc2n1. The maximum absolute atomic E-state index is 12.8. The topological polar surface area (TPSA) is 78.0 Å². The van der Waals surface area contributed by atoms with E-state index in [1.165, 1.54) is 0 Å². The largest absolute Gasteiger partial charge is 0.493 e. The monoisotopic (exact) mass is 455 g/mol. The van der Waals surface area contributed by atoms with E-state index in [0.717, 1.165) is 39.0 Å². The summed E-state index contributed by atoms with van der Waals surface area (Å²) in [6.45, 7) is 4.37. The first kappa shape index (κ1) is 21.6. The van der Waals surface area contributed by atoms with Crippen molar-refractivity contribution in [2.24, 2.45) is 0 Å². The van der Waals surface area contributed by atoms with Crippen LogP contribution in [0.2, 0.25) is 0 Å². The van der Waals surface area contributed by atoms with Gasteiger partial charge in [-0.3, -0.25) is 4.79 Å². The number of hydrogen-bond donors (Lipinski definition) is 1. The van der Waals surface area contributed by atoms with Crippen LogP contribution >= 0.6 is 0 Å². The van der Waals surface area contributed by atoms with Crippen molar-refractivity contribution in [3.05, 3.63) is 89.6 Å². The second-order valence-corrected chi connectivity index (χ2v) is 8.27. The summed E-state index contributed by atoms with van der Waals surface area (Å²) in [5.41, 5.74) is 6.23. The van der Waals surface area contributed by atoms with Crippen LogP contribution in [0.4, 0.5) is 5.69 Å². The number of nitrogens with zero attached hydrogens (tertiary/aromatic N) is 2. The lowest BCUT2D eigenvalue weighted by Gasteiger charge is -2.12. The molecule has 5 aromatic rings. The average molecular weight is 456 g/mol. The van der Waals surface area contributed by atoms with Gasteiger partial charge in [-0.2, -0.15) is 0 Å². The Morgan fingerprint density at radius 2 is 1.94 bits per heavy atom. The number of imidazole rings is 1. The Bertz CT molecular complexity index is 1470. The Kier molecular flexibility index (Phi) is 5.67. The van der Waals surface area contributed by atoms with E-state index < -0.39 is 0 Å². The maximum atomic E-state index is 12.8. The maximum Gasteiger partial charge on any atom is 0.228 e. The predicted molar refractivity (Wildman–Crippen MR) is 131 cm³/mol. The van der Waals surface area contributed by atoms with Crippen molar-refractivity contribution in [2.45, 2.75) is 26.9 Å². The number of benzene rings is 2. The Labute approximate surface area is 196 Å². The number of amides is 1. The highest BCUT2D eigenvalue weighted by atomic mass is 16.5. The number of furan rings is 1. The van der Waals surface area contributed by atoms with Gasteiger partial charge < -0.3 is 23.6 Å². The molecule has 0 radical (unpaired) electrons. The summed E-state index contributed by atoms with van der Waals surface area (Å²) in [7, 11) is 1.58. The lowest BCUT2D eigenvalue weighted by molar-refractivity contribution is -0.115. The van der Waals surface area contributed by atoms with Crippen LogP contribution in [0, 0.1) is 13.8 Å². The molecule has 0 aliphatic heterocycles. The molecule has 0 spiro atoms. The average Bonchev–Trinajstić information content (AvgIpc) is 3.41. The van der Waals surface area contributed by atoms with Gasteiger partial charge in [0.15, 0.2) is 11.5 Å². The van der Waals surface area contributed by atoms with Crippen LogP contribution < -0.4 is 14.8 Å². The van der Waals surface area contributed by atoms with Crippen LogP contribution in [0.15, 0.2) is 71.6 Å². The number of aryl methyl sites for hydroxylation is 2. The number of hydrogen-bond acceptors (Lipinski definition) is 5. The van der Waals surface area contributed by atoms with Crippen molar-refractivity contribution >= 4 is 28.2 Å². The first-order valence-electron chi connectivity index (χ1n) is 11.0. The lowest BCUT2D eigenvalue weighted by atomic mass is 10.0. The van der Waals surface area contributed by atoms with Crippen LogP contribution in [0.1, 0.15) is 22.4 Å². The predicted octanol–water partition coefficient (Wildman–Crippen LogP) is 5.47. The van der Waals surface area contributed by atoms with Crippen LogP contribution in [0.3, 0.4) is 0 Å². The molecule has 1 amide bonds. The highest BCUT2D eigenvalue weighted by molar-refractivity contribution is 5.95. The standard InChI is InChI=1S/C27H25N3O4/c1-17-10-22-19(15-33-24(22)11-18(17)2)12-27(31)29-20-7-8-23(32-3)25(13-20)34-16-21-14-30-9-5-4-6-26(30)28-21/h4-11,13-15H,12,16H2,1-3H3,(H,29,31). The second-order valence-electron chi connectivity index (χ2n) is 8.27. The zero-order valence-corrected chi connectivity index (χ0v) is 19.3. The molecular weight excluding hydrogens is 430 g/mol. The van der Waals surface area contributed by atoms with Crippen molar-refractivity contribution in [1.29, 1.82) is 0 Å². The summed E-state index contributed by atoms with van der Waals surface area (Å²) < 4.78 is 19.0. The minimum absolute atomic E-state index is 0.141.